The van der Waals surface area contributed by atoms with Crippen LogP contribution in [0.1, 0.15) is 33.0 Å². The van der Waals surface area contributed by atoms with Gasteiger partial charge in [-0.25, -0.2) is 13.4 Å². The molecule has 0 saturated carbocycles. The lowest BCUT2D eigenvalue weighted by Crippen LogP contribution is -2.50. The van der Waals surface area contributed by atoms with Gasteiger partial charge >= 0.3 is 0 Å². The number of hydrogen-bond donors (Lipinski definition) is 0. The van der Waals surface area contributed by atoms with E-state index in [9.17, 15) is 18.0 Å². The van der Waals surface area contributed by atoms with E-state index in [1.165, 1.54) is 4.31 Å². The van der Waals surface area contributed by atoms with E-state index in [2.05, 4.69) is 4.98 Å². The van der Waals surface area contributed by atoms with Gasteiger partial charge in [0, 0.05) is 66.1 Å². The summed E-state index contributed by atoms with van der Waals surface area (Å²) < 4.78 is 28.9. The molecule has 0 aliphatic carbocycles. The fourth-order valence-electron chi connectivity index (χ4n) is 3.97. The Bertz CT molecular complexity index is 1070. The SMILES string of the molecule is CCN(CC)S(=O)(=O)c1ccc2c(c1)nc(CCC(=O)N1CCN(C(C)=O)CC1)n2C. The second-order valence-electron chi connectivity index (χ2n) is 7.71. The quantitative estimate of drug-likeness (QED) is 0.634. The summed E-state index contributed by atoms with van der Waals surface area (Å²) in [5, 5.41) is 0. The van der Waals surface area contributed by atoms with Crippen LogP contribution in [0.15, 0.2) is 23.1 Å². The van der Waals surface area contributed by atoms with Gasteiger partial charge in [0.2, 0.25) is 21.8 Å². The molecule has 2 heterocycles. The molecule has 1 saturated heterocycles. The Morgan fingerprint density at radius 1 is 1.06 bits per heavy atom. The molecule has 0 N–H and O–H groups in total. The Hall–Kier alpha value is -2.46. The smallest absolute Gasteiger partial charge is 0.243 e. The molecule has 3 rings (SSSR count). The Kier molecular flexibility index (Phi) is 7.00. The largest absolute Gasteiger partial charge is 0.339 e. The zero-order chi connectivity index (χ0) is 22.8. The molecule has 1 aromatic carbocycles. The molecule has 1 aliphatic rings. The molecule has 1 aromatic heterocycles. The number of rotatable bonds is 7. The van der Waals surface area contributed by atoms with Crippen LogP contribution in [-0.2, 0) is 33.1 Å². The highest BCUT2D eigenvalue weighted by molar-refractivity contribution is 7.89. The van der Waals surface area contributed by atoms with Crippen LogP contribution >= 0.6 is 0 Å². The van der Waals surface area contributed by atoms with Crippen LogP contribution in [0.4, 0.5) is 0 Å². The van der Waals surface area contributed by atoms with Crippen molar-refractivity contribution in [3.05, 3.63) is 24.0 Å². The molecule has 1 fully saturated rings. The van der Waals surface area contributed by atoms with E-state index >= 15 is 0 Å². The normalized spacial score (nSPS) is 15.1. The standard InChI is InChI=1S/C21H31N5O4S/c1-5-26(6-2)31(29,30)17-7-8-19-18(15-17)22-20(23(19)4)9-10-21(28)25-13-11-24(12-14-25)16(3)27/h7-8,15H,5-6,9-14H2,1-4H3. The molecule has 9 nitrogen and oxygen atoms in total. The van der Waals surface area contributed by atoms with Gasteiger partial charge in [-0.05, 0) is 18.2 Å². The van der Waals surface area contributed by atoms with Gasteiger partial charge in [0.25, 0.3) is 0 Å². The first-order valence-corrected chi connectivity index (χ1v) is 12.1. The second kappa shape index (κ2) is 9.35. The number of amides is 2. The van der Waals surface area contributed by atoms with Crippen molar-refractivity contribution in [2.45, 2.75) is 38.5 Å². The number of benzene rings is 1. The van der Waals surface area contributed by atoms with Crippen molar-refractivity contribution in [3.63, 3.8) is 0 Å². The molecule has 170 valence electrons. The highest BCUT2D eigenvalue weighted by Gasteiger charge is 2.24. The lowest BCUT2D eigenvalue weighted by molar-refractivity contribution is -0.138. The summed E-state index contributed by atoms with van der Waals surface area (Å²) in [5.41, 5.74) is 1.43. The average Bonchev–Trinajstić information content (AvgIpc) is 3.07. The van der Waals surface area contributed by atoms with E-state index in [0.717, 1.165) is 11.3 Å². The number of hydrogen-bond acceptors (Lipinski definition) is 5. The number of piperazine rings is 1. The Labute approximate surface area is 183 Å². The predicted octanol–water partition coefficient (Wildman–Crippen LogP) is 1.23. The van der Waals surface area contributed by atoms with Crippen LogP contribution in [0.3, 0.4) is 0 Å². The number of imidazole rings is 1. The molecular weight excluding hydrogens is 418 g/mol. The van der Waals surface area contributed by atoms with Gasteiger partial charge in [0.15, 0.2) is 0 Å². The molecule has 0 unspecified atom stereocenters. The fraction of sp³-hybridized carbons (Fsp3) is 0.571. The molecule has 10 heteroatoms. The van der Waals surface area contributed by atoms with E-state index < -0.39 is 10.0 Å². The first-order chi connectivity index (χ1) is 14.7. The summed E-state index contributed by atoms with van der Waals surface area (Å²) in [7, 11) is -1.68. The molecule has 2 amide bonds. The second-order valence-corrected chi connectivity index (χ2v) is 9.65. The monoisotopic (exact) mass is 449 g/mol. The number of sulfonamides is 1. The molecule has 0 radical (unpaired) electrons. The lowest BCUT2D eigenvalue weighted by atomic mass is 10.2. The molecule has 0 atom stereocenters. The number of carbonyl (C=O) groups is 2. The zero-order valence-electron chi connectivity index (χ0n) is 18.7. The van der Waals surface area contributed by atoms with Crippen molar-refractivity contribution >= 4 is 32.9 Å². The van der Waals surface area contributed by atoms with E-state index in [0.29, 0.717) is 57.6 Å². The van der Waals surface area contributed by atoms with Crippen molar-refractivity contribution in [3.8, 4) is 0 Å². The van der Waals surface area contributed by atoms with Gasteiger partial charge in [-0.1, -0.05) is 13.8 Å². The van der Waals surface area contributed by atoms with Crippen LogP contribution < -0.4 is 0 Å². The fourth-order valence-corrected chi connectivity index (χ4v) is 5.45. The number of carbonyl (C=O) groups excluding carboxylic acids is 2. The molecule has 0 spiro atoms. The van der Waals surface area contributed by atoms with Crippen LogP contribution in [0.5, 0.6) is 0 Å². The Balaban J connectivity index is 1.71. The number of aryl methyl sites for hydroxylation is 2. The molecule has 1 aliphatic heterocycles. The van der Waals surface area contributed by atoms with Crippen LogP contribution in [0.25, 0.3) is 11.0 Å². The van der Waals surface area contributed by atoms with Gasteiger partial charge in [-0.3, -0.25) is 9.59 Å². The summed E-state index contributed by atoms with van der Waals surface area (Å²) in [6.45, 7) is 8.22. The number of fused-ring (bicyclic) bond motifs is 1. The van der Waals surface area contributed by atoms with Gasteiger partial charge in [-0.15, -0.1) is 0 Å². The van der Waals surface area contributed by atoms with Gasteiger partial charge in [0.1, 0.15) is 5.82 Å². The maximum Gasteiger partial charge on any atom is 0.243 e. The minimum absolute atomic E-state index is 0.0363. The summed E-state index contributed by atoms with van der Waals surface area (Å²) in [4.78, 5) is 32.4. The Morgan fingerprint density at radius 3 is 2.26 bits per heavy atom. The average molecular weight is 450 g/mol. The maximum atomic E-state index is 12.8. The van der Waals surface area contributed by atoms with Crippen molar-refractivity contribution in [1.29, 1.82) is 0 Å². The van der Waals surface area contributed by atoms with E-state index in [4.69, 9.17) is 0 Å². The van der Waals surface area contributed by atoms with E-state index in [1.807, 2.05) is 25.5 Å². The summed E-state index contributed by atoms with van der Waals surface area (Å²) >= 11 is 0. The molecule has 0 bridgehead atoms. The number of aromatic nitrogens is 2. The van der Waals surface area contributed by atoms with E-state index in [-0.39, 0.29) is 16.7 Å². The first kappa shape index (κ1) is 23.2. The third-order valence-electron chi connectivity index (χ3n) is 5.93. The molecule has 2 aromatic rings. The zero-order valence-corrected chi connectivity index (χ0v) is 19.5. The predicted molar refractivity (Wildman–Crippen MR) is 118 cm³/mol. The van der Waals surface area contributed by atoms with Crippen molar-refractivity contribution < 1.29 is 18.0 Å². The molecular formula is C21H31N5O4S. The lowest BCUT2D eigenvalue weighted by Gasteiger charge is -2.34. The third kappa shape index (κ3) is 4.74. The number of nitrogens with zero attached hydrogens (tertiary/aromatic N) is 5. The summed E-state index contributed by atoms with van der Waals surface area (Å²) in [5.74, 6) is 0.817. The first-order valence-electron chi connectivity index (χ1n) is 10.7. The third-order valence-corrected chi connectivity index (χ3v) is 7.97. The van der Waals surface area contributed by atoms with Crippen LogP contribution in [-0.4, -0.2) is 83.2 Å². The minimum Gasteiger partial charge on any atom is -0.339 e. The van der Waals surface area contributed by atoms with Crippen LogP contribution in [0.2, 0.25) is 0 Å². The Morgan fingerprint density at radius 2 is 1.68 bits per heavy atom. The van der Waals surface area contributed by atoms with Gasteiger partial charge in [0.05, 0.1) is 15.9 Å². The van der Waals surface area contributed by atoms with E-state index in [1.54, 1.807) is 34.9 Å². The maximum absolute atomic E-state index is 12.8. The van der Waals surface area contributed by atoms with Gasteiger partial charge in [-0.2, -0.15) is 4.31 Å². The summed E-state index contributed by atoms with van der Waals surface area (Å²) in [6.07, 6.45) is 0.789. The topological polar surface area (TPSA) is 95.8 Å². The molecule has 31 heavy (non-hydrogen) atoms. The van der Waals surface area contributed by atoms with Crippen molar-refractivity contribution in [2.75, 3.05) is 39.3 Å². The minimum atomic E-state index is -3.55. The summed E-state index contributed by atoms with van der Waals surface area (Å²) in [6, 6.07) is 4.99. The highest BCUT2D eigenvalue weighted by Crippen LogP contribution is 2.23. The van der Waals surface area contributed by atoms with Gasteiger partial charge < -0.3 is 14.4 Å². The highest BCUT2D eigenvalue weighted by atomic mass is 32.2. The van der Waals surface area contributed by atoms with Crippen molar-refractivity contribution in [2.24, 2.45) is 7.05 Å². The van der Waals surface area contributed by atoms with Crippen LogP contribution in [0, 0.1) is 0 Å². The van der Waals surface area contributed by atoms with Crippen molar-refractivity contribution in [1.82, 2.24) is 23.7 Å².